The predicted octanol–water partition coefficient (Wildman–Crippen LogP) is 5.56. The van der Waals surface area contributed by atoms with Gasteiger partial charge >= 0.3 is 7.82 Å². The molecule has 1 aliphatic heterocycles. The number of phosphoric ester groups is 1. The Hall–Kier alpha value is -0.0100. The van der Waals surface area contributed by atoms with Gasteiger partial charge in [0.05, 0.1) is 19.8 Å². The highest BCUT2D eigenvalue weighted by molar-refractivity contribution is 7.47. The number of ether oxygens (including phenoxy) is 2. The Morgan fingerprint density at radius 2 is 1.50 bits per heavy atom. The van der Waals surface area contributed by atoms with Gasteiger partial charge in [-0.25, -0.2) is 4.57 Å². The average Bonchev–Trinajstić information content (AvgIpc) is 3.18. The van der Waals surface area contributed by atoms with Gasteiger partial charge in [0.1, 0.15) is 6.10 Å². The van der Waals surface area contributed by atoms with E-state index >= 15 is 0 Å². The summed E-state index contributed by atoms with van der Waals surface area (Å²) in [5.74, 6) is 0. The minimum atomic E-state index is -4.02. The Morgan fingerprint density at radius 3 is 2.07 bits per heavy atom. The van der Waals surface area contributed by atoms with Gasteiger partial charge in [-0.15, -0.1) is 0 Å². The zero-order valence-corrected chi connectivity index (χ0v) is 20.2. The van der Waals surface area contributed by atoms with Crippen molar-refractivity contribution in [2.75, 3.05) is 33.4 Å². The molecule has 1 heterocycles. The van der Waals surface area contributed by atoms with Crippen LogP contribution in [0.2, 0.25) is 0 Å². The van der Waals surface area contributed by atoms with E-state index in [2.05, 4.69) is 12.2 Å². The molecule has 3 atom stereocenters. The minimum Gasteiger partial charge on any atom is -0.350 e. The fourth-order valence-electron chi connectivity index (χ4n) is 3.55. The predicted molar refractivity (Wildman–Crippen MR) is 121 cm³/mol. The molecule has 0 saturated carbocycles. The van der Waals surface area contributed by atoms with Crippen LogP contribution in [-0.2, 0) is 23.1 Å². The first kappa shape index (κ1) is 28.0. The lowest BCUT2D eigenvalue weighted by atomic mass is 10.0. The summed E-state index contributed by atoms with van der Waals surface area (Å²) in [5.41, 5.74) is 0. The molecule has 0 amide bonds. The second kappa shape index (κ2) is 18.6. The molecule has 30 heavy (non-hydrogen) atoms. The zero-order chi connectivity index (χ0) is 21.9. The van der Waals surface area contributed by atoms with Crippen LogP contribution in [0.1, 0.15) is 96.8 Å². The van der Waals surface area contributed by atoms with E-state index < -0.39 is 7.82 Å². The van der Waals surface area contributed by atoms with Crippen molar-refractivity contribution in [3.8, 4) is 0 Å². The lowest BCUT2D eigenvalue weighted by Gasteiger charge is -2.15. The Morgan fingerprint density at radius 1 is 0.933 bits per heavy atom. The third-order valence-corrected chi connectivity index (χ3v) is 6.37. The van der Waals surface area contributed by atoms with Gasteiger partial charge in [0.2, 0.25) is 0 Å². The van der Waals surface area contributed by atoms with Crippen molar-refractivity contribution in [3.05, 3.63) is 0 Å². The van der Waals surface area contributed by atoms with E-state index in [1.54, 1.807) is 7.05 Å². The van der Waals surface area contributed by atoms with Gasteiger partial charge in [0, 0.05) is 6.54 Å². The van der Waals surface area contributed by atoms with Crippen LogP contribution in [0.4, 0.5) is 0 Å². The van der Waals surface area contributed by atoms with E-state index in [0.717, 1.165) is 12.8 Å². The Labute approximate surface area is 184 Å². The molecule has 1 rings (SSSR count). The number of hydrogen-bond acceptors (Lipinski definition) is 6. The first-order valence-corrected chi connectivity index (χ1v) is 13.6. The zero-order valence-electron chi connectivity index (χ0n) is 19.3. The first-order chi connectivity index (χ1) is 14.6. The molecule has 7 nitrogen and oxygen atoms in total. The maximum Gasteiger partial charge on any atom is 0.472 e. The highest BCUT2D eigenvalue weighted by Crippen LogP contribution is 2.43. The molecule has 1 saturated heterocycles. The molecule has 1 fully saturated rings. The molecule has 0 aromatic carbocycles. The normalized spacial score (nSPS) is 21.2. The molecular formula is C22H46NO6P. The van der Waals surface area contributed by atoms with Gasteiger partial charge in [-0.05, 0) is 19.9 Å². The van der Waals surface area contributed by atoms with Gasteiger partial charge in [-0.2, -0.15) is 0 Å². The third-order valence-electron chi connectivity index (χ3n) is 5.39. The van der Waals surface area contributed by atoms with Crippen LogP contribution >= 0.6 is 7.82 Å². The van der Waals surface area contributed by atoms with Crippen molar-refractivity contribution in [1.82, 2.24) is 5.32 Å². The molecule has 8 heteroatoms. The summed E-state index contributed by atoms with van der Waals surface area (Å²) in [7, 11) is -2.28. The number of unbranched alkanes of at least 4 members (excludes halogenated alkanes) is 12. The number of likely N-dealkylation sites (N-methyl/N-ethyl adjacent to an activating group) is 1. The van der Waals surface area contributed by atoms with Gasteiger partial charge in [0.25, 0.3) is 0 Å². The minimum absolute atomic E-state index is 0.00242. The van der Waals surface area contributed by atoms with Crippen LogP contribution < -0.4 is 5.32 Å². The number of nitrogens with one attached hydrogen (secondary N) is 1. The fourth-order valence-corrected chi connectivity index (χ4v) is 4.30. The van der Waals surface area contributed by atoms with E-state index in [1.807, 2.05) is 0 Å². The molecule has 0 spiro atoms. The van der Waals surface area contributed by atoms with Crippen molar-refractivity contribution in [3.63, 3.8) is 0 Å². The second-order valence-electron chi connectivity index (χ2n) is 8.25. The summed E-state index contributed by atoms with van der Waals surface area (Å²) in [4.78, 5) is 9.59. The van der Waals surface area contributed by atoms with E-state index in [0.29, 0.717) is 13.2 Å². The van der Waals surface area contributed by atoms with Gasteiger partial charge in [0.15, 0.2) is 6.29 Å². The summed E-state index contributed by atoms with van der Waals surface area (Å²) in [6.07, 6.45) is 17.7. The molecule has 180 valence electrons. The van der Waals surface area contributed by atoms with Crippen LogP contribution in [0.3, 0.4) is 0 Å². The van der Waals surface area contributed by atoms with Crippen molar-refractivity contribution in [1.29, 1.82) is 0 Å². The van der Waals surface area contributed by atoms with E-state index in [4.69, 9.17) is 18.5 Å². The fraction of sp³-hybridized carbons (Fsp3) is 1.00. The van der Waals surface area contributed by atoms with Crippen molar-refractivity contribution < 1.29 is 28.0 Å². The van der Waals surface area contributed by atoms with E-state index in [9.17, 15) is 9.46 Å². The van der Waals surface area contributed by atoms with Gasteiger partial charge in [-0.1, -0.05) is 84.0 Å². The SMILES string of the molecule is CCCCCCCCCCCCCCC[C@@H]1OC[C@@H](COP(=O)(O)OCCNC)O1. The van der Waals surface area contributed by atoms with Crippen molar-refractivity contribution >= 4 is 7.82 Å². The second-order valence-corrected chi connectivity index (χ2v) is 9.71. The molecule has 0 aliphatic carbocycles. The van der Waals surface area contributed by atoms with Crippen LogP contribution in [0.25, 0.3) is 0 Å². The van der Waals surface area contributed by atoms with Crippen molar-refractivity contribution in [2.45, 2.75) is 109 Å². The standard InChI is InChI=1S/C22H46NO6P/c1-3-4-5-6-7-8-9-10-11-12-13-14-15-16-22-26-19-21(29-22)20-28-30(24,25)27-18-17-23-2/h21-23H,3-20H2,1-2H3,(H,24,25)/t21-,22+/m0/s1. The number of phosphoric acid groups is 1. The van der Waals surface area contributed by atoms with Crippen LogP contribution in [0.5, 0.6) is 0 Å². The monoisotopic (exact) mass is 451 g/mol. The molecule has 0 aromatic heterocycles. The van der Waals surface area contributed by atoms with Crippen LogP contribution in [0.15, 0.2) is 0 Å². The molecular weight excluding hydrogens is 405 g/mol. The van der Waals surface area contributed by atoms with E-state index in [1.165, 1.54) is 77.0 Å². The molecule has 0 radical (unpaired) electrons. The quantitative estimate of drug-likeness (QED) is 0.174. The lowest BCUT2D eigenvalue weighted by molar-refractivity contribution is -0.0701. The Kier molecular flexibility index (Phi) is 17.3. The molecule has 0 bridgehead atoms. The van der Waals surface area contributed by atoms with Crippen LogP contribution in [-0.4, -0.2) is 50.7 Å². The summed E-state index contributed by atoms with van der Waals surface area (Å²) in [5, 5.41) is 2.84. The Balaban J connectivity index is 1.89. The topological polar surface area (TPSA) is 86.3 Å². The highest BCUT2D eigenvalue weighted by atomic mass is 31.2. The van der Waals surface area contributed by atoms with Gasteiger partial charge in [-0.3, -0.25) is 9.05 Å². The van der Waals surface area contributed by atoms with Gasteiger partial charge < -0.3 is 19.7 Å². The lowest BCUT2D eigenvalue weighted by Crippen LogP contribution is -2.19. The van der Waals surface area contributed by atoms with E-state index in [-0.39, 0.29) is 25.6 Å². The molecule has 1 unspecified atom stereocenters. The first-order valence-electron chi connectivity index (χ1n) is 12.1. The number of hydrogen-bond donors (Lipinski definition) is 2. The largest absolute Gasteiger partial charge is 0.472 e. The summed E-state index contributed by atoms with van der Waals surface area (Å²) in [6.45, 7) is 3.26. The highest BCUT2D eigenvalue weighted by Gasteiger charge is 2.29. The summed E-state index contributed by atoms with van der Waals surface area (Å²) in [6, 6.07) is 0. The Bertz CT molecular complexity index is 440. The maximum atomic E-state index is 11.7. The average molecular weight is 452 g/mol. The third kappa shape index (κ3) is 15.7. The van der Waals surface area contributed by atoms with Crippen molar-refractivity contribution in [2.24, 2.45) is 0 Å². The smallest absolute Gasteiger partial charge is 0.350 e. The molecule has 0 aromatic rings. The molecule has 1 aliphatic rings. The maximum absolute atomic E-state index is 11.7. The molecule has 2 N–H and O–H groups in total. The number of rotatable bonds is 21. The van der Waals surface area contributed by atoms with Crippen LogP contribution in [0, 0.1) is 0 Å². The summed E-state index contributed by atoms with van der Waals surface area (Å²) < 4.78 is 32.9. The summed E-state index contributed by atoms with van der Waals surface area (Å²) >= 11 is 0.